The molecule has 1 heterocycles. The van der Waals surface area contributed by atoms with E-state index in [0.29, 0.717) is 6.54 Å². The average Bonchev–Trinajstić information content (AvgIpc) is 2.65. The Balaban J connectivity index is 1.84. The molecule has 0 radical (unpaired) electrons. The fraction of sp³-hybridized carbons (Fsp3) is 0.333. The van der Waals surface area contributed by atoms with Crippen molar-refractivity contribution in [2.75, 3.05) is 11.4 Å². The smallest absolute Gasteiger partial charge is 0.254 e. The van der Waals surface area contributed by atoms with Crippen molar-refractivity contribution in [3.05, 3.63) is 65.5 Å². The second kappa shape index (κ2) is 7.68. The monoisotopic (exact) mass is 354 g/mol. The molecule has 0 aliphatic carbocycles. The van der Waals surface area contributed by atoms with Crippen molar-refractivity contribution < 1.29 is 14.0 Å². The van der Waals surface area contributed by atoms with E-state index in [1.54, 1.807) is 11.0 Å². The lowest BCUT2D eigenvalue weighted by molar-refractivity contribution is -0.121. The standard InChI is InChI=1S/C21H23FN2O2/c1-14(2)19(23-20(25)16-10-4-5-11-17(16)22)21(26)24-13-7-9-15-8-3-6-12-18(15)24/h3-6,8,10-12,14,19H,7,9,13H2,1-2H3,(H,23,25)/t19-/m0/s1. The van der Waals surface area contributed by atoms with Crippen LogP contribution in [0.2, 0.25) is 0 Å². The molecule has 1 N–H and O–H groups in total. The molecule has 26 heavy (non-hydrogen) atoms. The number of halogens is 1. The number of nitrogens with zero attached hydrogens (tertiary/aromatic N) is 1. The van der Waals surface area contributed by atoms with E-state index in [1.165, 1.54) is 18.2 Å². The minimum Gasteiger partial charge on any atom is -0.340 e. The molecule has 0 bridgehead atoms. The van der Waals surface area contributed by atoms with E-state index in [2.05, 4.69) is 5.32 Å². The quantitative estimate of drug-likeness (QED) is 0.913. The first kappa shape index (κ1) is 18.1. The van der Waals surface area contributed by atoms with E-state index < -0.39 is 17.8 Å². The Morgan fingerprint density at radius 1 is 1.08 bits per heavy atom. The third-order valence-electron chi connectivity index (χ3n) is 4.71. The molecule has 5 heteroatoms. The number of carbonyl (C=O) groups excluding carboxylic acids is 2. The maximum atomic E-state index is 13.9. The summed E-state index contributed by atoms with van der Waals surface area (Å²) in [7, 11) is 0. The second-order valence-electron chi connectivity index (χ2n) is 6.90. The van der Waals surface area contributed by atoms with Gasteiger partial charge in [0.05, 0.1) is 5.56 Å². The molecule has 1 aliphatic heterocycles. The predicted octanol–water partition coefficient (Wildman–Crippen LogP) is 3.56. The Hall–Kier alpha value is -2.69. The van der Waals surface area contributed by atoms with E-state index in [-0.39, 0.29) is 17.4 Å². The van der Waals surface area contributed by atoms with Crippen molar-refractivity contribution in [3.63, 3.8) is 0 Å². The van der Waals surface area contributed by atoms with E-state index in [9.17, 15) is 14.0 Å². The molecule has 2 aromatic rings. The van der Waals surface area contributed by atoms with Crippen molar-refractivity contribution in [2.45, 2.75) is 32.7 Å². The summed E-state index contributed by atoms with van der Waals surface area (Å²) in [4.78, 5) is 27.4. The van der Waals surface area contributed by atoms with E-state index in [0.717, 1.165) is 24.1 Å². The first-order valence-corrected chi connectivity index (χ1v) is 8.93. The Morgan fingerprint density at radius 2 is 1.77 bits per heavy atom. The zero-order valence-electron chi connectivity index (χ0n) is 15.0. The molecule has 1 aliphatic rings. The van der Waals surface area contributed by atoms with E-state index in [1.807, 2.05) is 38.1 Å². The van der Waals surface area contributed by atoms with E-state index in [4.69, 9.17) is 0 Å². The molecule has 0 spiro atoms. The minimum absolute atomic E-state index is 0.0509. The van der Waals surface area contributed by atoms with Gasteiger partial charge >= 0.3 is 0 Å². The molecule has 0 saturated carbocycles. The van der Waals surface area contributed by atoms with Crippen LogP contribution in [0.3, 0.4) is 0 Å². The fourth-order valence-electron chi connectivity index (χ4n) is 3.31. The van der Waals surface area contributed by atoms with Gasteiger partial charge < -0.3 is 10.2 Å². The number of benzene rings is 2. The Bertz CT molecular complexity index is 819. The number of fused-ring (bicyclic) bond motifs is 1. The van der Waals surface area contributed by atoms with Crippen molar-refractivity contribution in [2.24, 2.45) is 5.92 Å². The molecule has 0 aromatic heterocycles. The summed E-state index contributed by atoms with van der Waals surface area (Å²) in [5.41, 5.74) is 1.98. The van der Waals surface area contributed by atoms with Crippen molar-refractivity contribution in [1.82, 2.24) is 5.32 Å². The number of aryl methyl sites for hydroxylation is 1. The molecule has 2 aromatic carbocycles. The van der Waals surface area contributed by atoms with Gasteiger partial charge in [0.25, 0.3) is 5.91 Å². The fourth-order valence-corrected chi connectivity index (χ4v) is 3.31. The number of nitrogens with one attached hydrogen (secondary N) is 1. The molecule has 4 nitrogen and oxygen atoms in total. The van der Waals surface area contributed by atoms with Gasteiger partial charge in [-0.05, 0) is 42.5 Å². The first-order chi connectivity index (χ1) is 12.5. The number of carbonyl (C=O) groups is 2. The number of hydrogen-bond donors (Lipinski definition) is 1. The lowest BCUT2D eigenvalue weighted by Gasteiger charge is -2.34. The number of hydrogen-bond acceptors (Lipinski definition) is 2. The number of amides is 2. The van der Waals surface area contributed by atoms with Crippen LogP contribution in [0, 0.1) is 11.7 Å². The third-order valence-corrected chi connectivity index (χ3v) is 4.71. The van der Waals surface area contributed by atoms with Crippen LogP contribution in [0.25, 0.3) is 0 Å². The van der Waals surface area contributed by atoms with Gasteiger partial charge in [0.1, 0.15) is 11.9 Å². The van der Waals surface area contributed by atoms with Crippen LogP contribution in [0.4, 0.5) is 10.1 Å². The van der Waals surface area contributed by atoms with Crippen LogP contribution in [0.5, 0.6) is 0 Å². The second-order valence-corrected chi connectivity index (χ2v) is 6.90. The van der Waals surface area contributed by atoms with Gasteiger partial charge in [-0.3, -0.25) is 9.59 Å². The predicted molar refractivity (Wildman–Crippen MR) is 99.6 cm³/mol. The molecular formula is C21H23FN2O2. The summed E-state index contributed by atoms with van der Waals surface area (Å²) in [6.07, 6.45) is 1.82. The van der Waals surface area contributed by atoms with Crippen LogP contribution in [-0.4, -0.2) is 24.4 Å². The summed E-state index contributed by atoms with van der Waals surface area (Å²) in [6.45, 7) is 4.37. The molecule has 2 amide bonds. The van der Waals surface area contributed by atoms with Crippen LogP contribution < -0.4 is 10.2 Å². The zero-order valence-corrected chi connectivity index (χ0v) is 15.0. The maximum absolute atomic E-state index is 13.9. The highest BCUT2D eigenvalue weighted by Gasteiger charge is 2.32. The number of rotatable bonds is 4. The lowest BCUT2D eigenvalue weighted by atomic mass is 9.97. The molecule has 0 saturated heterocycles. The third kappa shape index (κ3) is 3.62. The molecule has 1 atom stereocenters. The lowest BCUT2D eigenvalue weighted by Crippen LogP contribution is -2.52. The van der Waals surface area contributed by atoms with Gasteiger partial charge in [0.2, 0.25) is 5.91 Å². The zero-order chi connectivity index (χ0) is 18.7. The molecule has 0 fully saturated rings. The number of para-hydroxylation sites is 1. The number of anilines is 1. The van der Waals surface area contributed by atoms with Gasteiger partial charge in [0, 0.05) is 12.2 Å². The first-order valence-electron chi connectivity index (χ1n) is 8.93. The van der Waals surface area contributed by atoms with Crippen molar-refractivity contribution in [3.8, 4) is 0 Å². The molecule has 3 rings (SSSR count). The van der Waals surface area contributed by atoms with Crippen LogP contribution >= 0.6 is 0 Å². The van der Waals surface area contributed by atoms with Crippen LogP contribution in [0.1, 0.15) is 36.2 Å². The Labute approximate surface area is 153 Å². The normalized spacial score (nSPS) is 14.7. The Morgan fingerprint density at radius 3 is 2.50 bits per heavy atom. The SMILES string of the molecule is CC(C)[C@H](NC(=O)c1ccccc1F)C(=O)N1CCCc2ccccc21. The highest BCUT2D eigenvalue weighted by molar-refractivity contribution is 6.03. The summed E-state index contributed by atoms with van der Waals surface area (Å²) in [6, 6.07) is 12.9. The summed E-state index contributed by atoms with van der Waals surface area (Å²) in [5.74, 6) is -1.44. The molecule has 0 unspecified atom stereocenters. The largest absolute Gasteiger partial charge is 0.340 e. The summed E-state index contributed by atoms with van der Waals surface area (Å²) < 4.78 is 13.9. The Kier molecular flexibility index (Phi) is 5.35. The van der Waals surface area contributed by atoms with Crippen molar-refractivity contribution >= 4 is 17.5 Å². The highest BCUT2D eigenvalue weighted by Crippen LogP contribution is 2.28. The molecular weight excluding hydrogens is 331 g/mol. The topological polar surface area (TPSA) is 49.4 Å². The molecule has 136 valence electrons. The van der Waals surface area contributed by atoms with Crippen LogP contribution in [-0.2, 0) is 11.2 Å². The average molecular weight is 354 g/mol. The van der Waals surface area contributed by atoms with Gasteiger partial charge in [-0.15, -0.1) is 0 Å². The van der Waals surface area contributed by atoms with E-state index >= 15 is 0 Å². The van der Waals surface area contributed by atoms with Crippen LogP contribution in [0.15, 0.2) is 48.5 Å². The van der Waals surface area contributed by atoms with Gasteiger partial charge in [-0.2, -0.15) is 0 Å². The van der Waals surface area contributed by atoms with Gasteiger partial charge in [-0.1, -0.05) is 44.2 Å². The summed E-state index contributed by atoms with van der Waals surface area (Å²) in [5, 5.41) is 2.73. The van der Waals surface area contributed by atoms with Gasteiger partial charge in [0.15, 0.2) is 0 Å². The maximum Gasteiger partial charge on any atom is 0.254 e. The minimum atomic E-state index is -0.715. The highest BCUT2D eigenvalue weighted by atomic mass is 19.1. The summed E-state index contributed by atoms with van der Waals surface area (Å²) >= 11 is 0. The van der Waals surface area contributed by atoms with Crippen molar-refractivity contribution in [1.29, 1.82) is 0 Å². The van der Waals surface area contributed by atoms with Gasteiger partial charge in [-0.25, -0.2) is 4.39 Å².